The lowest BCUT2D eigenvalue weighted by Crippen LogP contribution is -2.13. The monoisotopic (exact) mass is 450 g/mol. The maximum atomic E-state index is 12.4. The maximum Gasteiger partial charge on any atom is 0.343 e. The van der Waals surface area contributed by atoms with Crippen LogP contribution in [0.3, 0.4) is 0 Å². The lowest BCUT2D eigenvalue weighted by Gasteiger charge is -2.07. The van der Waals surface area contributed by atoms with Gasteiger partial charge in [-0.25, -0.2) is 4.79 Å². The molecule has 0 radical (unpaired) electrons. The highest BCUT2D eigenvalue weighted by molar-refractivity contribution is 6.36. The molecule has 0 fully saturated rings. The second kappa shape index (κ2) is 9.94. The average molecular weight is 451 g/mol. The summed E-state index contributed by atoms with van der Waals surface area (Å²) < 4.78 is 5.35. The zero-order valence-corrected chi connectivity index (χ0v) is 17.9. The van der Waals surface area contributed by atoms with Crippen LogP contribution in [0.1, 0.15) is 21.5 Å². The van der Waals surface area contributed by atoms with E-state index in [0.29, 0.717) is 27.6 Å². The molecule has 0 saturated carbocycles. The number of amides is 1. The van der Waals surface area contributed by atoms with Crippen LogP contribution in [-0.2, 0) is 4.79 Å². The number of esters is 1. The predicted molar refractivity (Wildman–Crippen MR) is 121 cm³/mol. The van der Waals surface area contributed by atoms with Gasteiger partial charge in [-0.15, -0.1) is 0 Å². The van der Waals surface area contributed by atoms with Crippen LogP contribution < -0.4 is 10.1 Å². The molecule has 1 N–H and O–H groups in total. The van der Waals surface area contributed by atoms with Gasteiger partial charge in [0.2, 0.25) is 0 Å². The van der Waals surface area contributed by atoms with Crippen molar-refractivity contribution in [2.24, 2.45) is 0 Å². The number of nitriles is 1. The SMILES string of the molecule is Cc1ccc(C(=O)Oc2ccc(/C=C(\C#N)C(=O)Nc3ccc(Cl)cc3Cl)cc2)cc1. The van der Waals surface area contributed by atoms with E-state index in [1.54, 1.807) is 48.5 Å². The van der Waals surface area contributed by atoms with Gasteiger partial charge in [0.15, 0.2) is 0 Å². The van der Waals surface area contributed by atoms with Crippen LogP contribution >= 0.6 is 23.2 Å². The van der Waals surface area contributed by atoms with Crippen molar-refractivity contribution in [3.63, 3.8) is 0 Å². The summed E-state index contributed by atoms with van der Waals surface area (Å²) in [7, 11) is 0. The first-order chi connectivity index (χ1) is 14.9. The van der Waals surface area contributed by atoms with Crippen molar-refractivity contribution in [1.82, 2.24) is 0 Å². The molecule has 3 aromatic rings. The van der Waals surface area contributed by atoms with Crippen LogP contribution in [0.25, 0.3) is 6.08 Å². The van der Waals surface area contributed by atoms with Gasteiger partial charge >= 0.3 is 5.97 Å². The number of hydrogen-bond acceptors (Lipinski definition) is 4. The summed E-state index contributed by atoms with van der Waals surface area (Å²) in [6, 6.07) is 20.0. The Morgan fingerprint density at radius 1 is 1.00 bits per heavy atom. The molecule has 0 aliphatic carbocycles. The molecule has 1 amide bonds. The minimum Gasteiger partial charge on any atom is -0.423 e. The number of carbonyl (C=O) groups excluding carboxylic acids is 2. The Kier molecular flexibility index (Phi) is 7.09. The number of rotatable bonds is 5. The summed E-state index contributed by atoms with van der Waals surface area (Å²) in [6.45, 7) is 1.93. The van der Waals surface area contributed by atoms with Crippen LogP contribution in [0.4, 0.5) is 5.69 Å². The fourth-order valence-corrected chi connectivity index (χ4v) is 3.04. The van der Waals surface area contributed by atoms with Crippen molar-refractivity contribution in [3.8, 4) is 11.8 Å². The van der Waals surface area contributed by atoms with E-state index >= 15 is 0 Å². The van der Waals surface area contributed by atoms with E-state index in [4.69, 9.17) is 27.9 Å². The molecule has 0 saturated heterocycles. The Balaban J connectivity index is 1.70. The van der Waals surface area contributed by atoms with Gasteiger partial charge in [0.25, 0.3) is 5.91 Å². The van der Waals surface area contributed by atoms with Crippen LogP contribution in [0, 0.1) is 18.3 Å². The van der Waals surface area contributed by atoms with Gasteiger partial charge in [0.1, 0.15) is 17.4 Å². The van der Waals surface area contributed by atoms with Crippen molar-refractivity contribution in [1.29, 1.82) is 5.26 Å². The lowest BCUT2D eigenvalue weighted by molar-refractivity contribution is -0.112. The van der Waals surface area contributed by atoms with Gasteiger partial charge in [-0.1, -0.05) is 53.0 Å². The predicted octanol–water partition coefficient (Wildman–Crippen LogP) is 6.07. The number of halogens is 2. The molecule has 7 heteroatoms. The molecule has 0 heterocycles. The third-order valence-electron chi connectivity index (χ3n) is 4.23. The molecule has 154 valence electrons. The molecular weight excluding hydrogens is 435 g/mol. The molecule has 0 bridgehead atoms. The molecule has 3 rings (SSSR count). The fourth-order valence-electron chi connectivity index (χ4n) is 2.58. The van der Waals surface area contributed by atoms with Gasteiger partial charge in [-0.05, 0) is 61.0 Å². The van der Waals surface area contributed by atoms with E-state index in [2.05, 4.69) is 5.32 Å². The van der Waals surface area contributed by atoms with Crippen LogP contribution in [0.2, 0.25) is 10.0 Å². The number of anilines is 1. The van der Waals surface area contributed by atoms with E-state index in [0.717, 1.165) is 5.56 Å². The summed E-state index contributed by atoms with van der Waals surface area (Å²) in [4.78, 5) is 24.6. The second-order valence-corrected chi connectivity index (χ2v) is 7.42. The number of nitrogens with zero attached hydrogens (tertiary/aromatic N) is 1. The Morgan fingerprint density at radius 2 is 1.68 bits per heavy atom. The number of nitrogens with one attached hydrogen (secondary N) is 1. The Morgan fingerprint density at radius 3 is 2.29 bits per heavy atom. The van der Waals surface area contributed by atoms with Crippen molar-refractivity contribution < 1.29 is 14.3 Å². The quantitative estimate of drug-likeness (QED) is 0.221. The molecule has 0 aliphatic rings. The topological polar surface area (TPSA) is 79.2 Å². The molecule has 5 nitrogen and oxygen atoms in total. The summed E-state index contributed by atoms with van der Waals surface area (Å²) >= 11 is 11.9. The highest BCUT2D eigenvalue weighted by Gasteiger charge is 2.12. The van der Waals surface area contributed by atoms with Crippen molar-refractivity contribution in [2.75, 3.05) is 5.32 Å². The number of benzene rings is 3. The largest absolute Gasteiger partial charge is 0.423 e. The molecule has 0 spiro atoms. The van der Waals surface area contributed by atoms with Crippen LogP contribution in [0.5, 0.6) is 5.75 Å². The summed E-state index contributed by atoms with van der Waals surface area (Å²) in [6.07, 6.45) is 1.42. The van der Waals surface area contributed by atoms with E-state index in [-0.39, 0.29) is 10.6 Å². The number of carbonyl (C=O) groups is 2. The first kappa shape index (κ1) is 22.1. The van der Waals surface area contributed by atoms with Crippen molar-refractivity contribution in [2.45, 2.75) is 6.92 Å². The molecule has 0 atom stereocenters. The third-order valence-corrected chi connectivity index (χ3v) is 4.78. The van der Waals surface area contributed by atoms with Crippen LogP contribution in [-0.4, -0.2) is 11.9 Å². The first-order valence-electron chi connectivity index (χ1n) is 9.13. The van der Waals surface area contributed by atoms with E-state index < -0.39 is 11.9 Å². The first-order valence-corrected chi connectivity index (χ1v) is 9.88. The standard InChI is InChI=1S/C24H16Cl2N2O3/c1-15-2-6-17(7-3-15)24(30)31-20-9-4-16(5-10-20)12-18(14-27)23(29)28-22-11-8-19(25)13-21(22)26/h2-13H,1H3,(H,28,29)/b18-12+. The number of aryl methyl sites for hydroxylation is 1. The fraction of sp³-hybridized carbons (Fsp3) is 0.0417. The van der Waals surface area contributed by atoms with Gasteiger partial charge in [0.05, 0.1) is 16.3 Å². The molecule has 0 unspecified atom stereocenters. The molecule has 0 aliphatic heterocycles. The molecule has 3 aromatic carbocycles. The highest BCUT2D eigenvalue weighted by Crippen LogP contribution is 2.26. The molecular formula is C24H16Cl2N2O3. The van der Waals surface area contributed by atoms with Gasteiger partial charge < -0.3 is 10.1 Å². The summed E-state index contributed by atoms with van der Waals surface area (Å²) in [5.74, 6) is -0.736. The van der Waals surface area contributed by atoms with Crippen LogP contribution in [0.15, 0.2) is 72.3 Å². The average Bonchev–Trinajstić information content (AvgIpc) is 2.75. The second-order valence-electron chi connectivity index (χ2n) is 6.57. The van der Waals surface area contributed by atoms with Gasteiger partial charge in [-0.3, -0.25) is 4.79 Å². The number of ether oxygens (including phenoxy) is 1. The smallest absolute Gasteiger partial charge is 0.343 e. The summed E-state index contributed by atoms with van der Waals surface area (Å²) in [5.41, 5.74) is 2.30. The minimum absolute atomic E-state index is 0.115. The Hall–Kier alpha value is -3.59. The maximum absolute atomic E-state index is 12.4. The highest BCUT2D eigenvalue weighted by atomic mass is 35.5. The van der Waals surface area contributed by atoms with E-state index in [1.165, 1.54) is 12.1 Å². The van der Waals surface area contributed by atoms with E-state index in [1.807, 2.05) is 25.1 Å². The zero-order valence-electron chi connectivity index (χ0n) is 16.4. The van der Waals surface area contributed by atoms with Crippen molar-refractivity contribution in [3.05, 3.63) is 99.0 Å². The Labute approximate surface area is 189 Å². The third kappa shape index (κ3) is 5.95. The van der Waals surface area contributed by atoms with Gasteiger partial charge in [-0.2, -0.15) is 5.26 Å². The summed E-state index contributed by atoms with van der Waals surface area (Å²) in [5, 5.41) is 12.6. The molecule has 0 aromatic heterocycles. The van der Waals surface area contributed by atoms with Crippen molar-refractivity contribution >= 4 is 46.8 Å². The number of hydrogen-bond donors (Lipinski definition) is 1. The normalized spacial score (nSPS) is 10.8. The minimum atomic E-state index is -0.610. The lowest BCUT2D eigenvalue weighted by atomic mass is 10.1. The van der Waals surface area contributed by atoms with E-state index in [9.17, 15) is 14.9 Å². The zero-order chi connectivity index (χ0) is 22.4. The molecule has 31 heavy (non-hydrogen) atoms. The van der Waals surface area contributed by atoms with Gasteiger partial charge in [0, 0.05) is 5.02 Å². The Bertz CT molecular complexity index is 1190.